The summed E-state index contributed by atoms with van der Waals surface area (Å²) < 4.78 is 19.4. The van der Waals surface area contributed by atoms with Crippen LogP contribution in [0, 0.1) is 0 Å². The normalized spacial score (nSPS) is 13.3. The van der Waals surface area contributed by atoms with Crippen molar-refractivity contribution in [1.29, 1.82) is 0 Å². The highest BCUT2D eigenvalue weighted by Crippen LogP contribution is 2.45. The molecule has 1 aliphatic carbocycles. The smallest absolute Gasteiger partial charge is 0.143 e. The van der Waals surface area contributed by atoms with Gasteiger partial charge in [-0.05, 0) is 96.3 Å². The van der Waals surface area contributed by atoms with E-state index in [9.17, 15) is 0 Å². The van der Waals surface area contributed by atoms with E-state index in [2.05, 4.69) is 157 Å². The fourth-order valence-electron chi connectivity index (χ4n) is 8.18. The van der Waals surface area contributed by atoms with Crippen LogP contribution < -0.4 is 4.90 Å². The molecule has 11 rings (SSSR count). The number of para-hydroxylation sites is 3. The van der Waals surface area contributed by atoms with E-state index in [4.69, 9.17) is 13.3 Å². The molecule has 4 heteroatoms. The molecule has 0 unspecified atom stereocenters. The first-order valence-electron chi connectivity index (χ1n) is 17.8. The highest BCUT2D eigenvalue weighted by molar-refractivity contribution is 6.18. The summed E-state index contributed by atoms with van der Waals surface area (Å²) in [5.74, 6) is 0. The van der Waals surface area contributed by atoms with Crippen LogP contribution in [0.3, 0.4) is 0 Å². The van der Waals surface area contributed by atoms with Crippen molar-refractivity contribution in [3.63, 3.8) is 0 Å². The first kappa shape index (κ1) is 29.0. The van der Waals surface area contributed by atoms with Gasteiger partial charge in [0, 0.05) is 43.9 Å². The SMILES string of the molecule is C1=CCCC(N(c2ccccc2)c2cccc3oc4ccc(-c5cccc6c5oc5cccc(-c7ccc8oc9ccccc9c8c7)c56)cc4c23)=C1. The zero-order valence-electron chi connectivity index (χ0n) is 28.2. The fourth-order valence-corrected chi connectivity index (χ4v) is 8.18. The number of nitrogens with zero attached hydrogens (tertiary/aromatic N) is 1. The van der Waals surface area contributed by atoms with Crippen LogP contribution in [0.15, 0.2) is 183 Å². The van der Waals surface area contributed by atoms with Crippen molar-refractivity contribution in [1.82, 2.24) is 0 Å². The van der Waals surface area contributed by atoms with Crippen molar-refractivity contribution >= 4 is 77.2 Å². The number of rotatable bonds is 5. The highest BCUT2D eigenvalue weighted by atomic mass is 16.3. The minimum Gasteiger partial charge on any atom is -0.456 e. The lowest BCUT2D eigenvalue weighted by atomic mass is 9.96. The van der Waals surface area contributed by atoms with Gasteiger partial charge in [-0.25, -0.2) is 0 Å². The number of hydrogen-bond donors (Lipinski definition) is 0. The molecule has 0 fully saturated rings. The molecule has 0 bridgehead atoms. The molecule has 3 heterocycles. The Kier molecular flexibility index (Phi) is 6.34. The number of hydrogen-bond acceptors (Lipinski definition) is 4. The summed E-state index contributed by atoms with van der Waals surface area (Å²) in [6.07, 6.45) is 8.60. The molecule has 0 saturated carbocycles. The predicted octanol–water partition coefficient (Wildman–Crippen LogP) is 14.1. The van der Waals surface area contributed by atoms with Gasteiger partial charge in [-0.15, -0.1) is 0 Å². The van der Waals surface area contributed by atoms with E-state index in [0.29, 0.717) is 0 Å². The first-order valence-corrected chi connectivity index (χ1v) is 17.8. The van der Waals surface area contributed by atoms with Gasteiger partial charge in [0.15, 0.2) is 0 Å². The summed E-state index contributed by atoms with van der Waals surface area (Å²) in [6.45, 7) is 0. The Labute approximate surface area is 299 Å². The first-order chi connectivity index (χ1) is 25.8. The quantitative estimate of drug-likeness (QED) is 0.183. The van der Waals surface area contributed by atoms with E-state index < -0.39 is 0 Å². The van der Waals surface area contributed by atoms with Crippen molar-refractivity contribution in [3.8, 4) is 22.3 Å². The number of fused-ring (bicyclic) bond motifs is 9. The van der Waals surface area contributed by atoms with Crippen LogP contribution in [-0.4, -0.2) is 0 Å². The number of furan rings is 3. The van der Waals surface area contributed by atoms with Crippen molar-refractivity contribution < 1.29 is 13.3 Å². The van der Waals surface area contributed by atoms with Gasteiger partial charge >= 0.3 is 0 Å². The van der Waals surface area contributed by atoms with Gasteiger partial charge in [-0.1, -0.05) is 97.1 Å². The average Bonchev–Trinajstić information content (AvgIpc) is 3.90. The molecule has 0 amide bonds. The Hall–Kier alpha value is -6.78. The Morgan fingerprint density at radius 2 is 1.12 bits per heavy atom. The Morgan fingerprint density at radius 3 is 1.98 bits per heavy atom. The van der Waals surface area contributed by atoms with Gasteiger partial charge in [0.05, 0.1) is 11.1 Å². The van der Waals surface area contributed by atoms with Crippen LogP contribution in [0.5, 0.6) is 0 Å². The third-order valence-electron chi connectivity index (χ3n) is 10.5. The molecule has 3 aromatic heterocycles. The van der Waals surface area contributed by atoms with Crippen molar-refractivity contribution in [2.24, 2.45) is 0 Å². The van der Waals surface area contributed by atoms with Crippen LogP contribution in [0.1, 0.15) is 12.8 Å². The largest absolute Gasteiger partial charge is 0.456 e. The molecule has 246 valence electrons. The minimum atomic E-state index is 0.859. The van der Waals surface area contributed by atoms with E-state index in [0.717, 1.165) is 112 Å². The predicted molar refractivity (Wildman–Crippen MR) is 214 cm³/mol. The van der Waals surface area contributed by atoms with Gasteiger partial charge in [0.2, 0.25) is 0 Å². The molecule has 52 heavy (non-hydrogen) atoms. The third kappa shape index (κ3) is 4.41. The molecule has 1 aliphatic rings. The molecule has 7 aromatic carbocycles. The van der Waals surface area contributed by atoms with Crippen LogP contribution in [-0.2, 0) is 0 Å². The molecule has 0 aliphatic heterocycles. The van der Waals surface area contributed by atoms with E-state index in [-0.39, 0.29) is 0 Å². The van der Waals surface area contributed by atoms with Crippen molar-refractivity contribution in [3.05, 3.63) is 170 Å². The third-order valence-corrected chi connectivity index (χ3v) is 10.5. The second-order valence-electron chi connectivity index (χ2n) is 13.5. The molecule has 10 aromatic rings. The lowest BCUT2D eigenvalue weighted by Crippen LogP contribution is -2.17. The number of allylic oxidation sites excluding steroid dienone is 4. The van der Waals surface area contributed by atoms with E-state index >= 15 is 0 Å². The van der Waals surface area contributed by atoms with Crippen LogP contribution in [0.2, 0.25) is 0 Å². The standard InChI is InChI=1S/C48H31NO3/c1-3-12-32(13-4-1)49(33-14-5-2-6-15-33)40-20-11-23-45-47(40)39-29-31(25-27-43(39)51-45)35-18-9-19-37-46-34(17-10-22-44(46)52-48(35)37)30-24-26-42-38(28-30)36-16-7-8-21-41(36)50-42/h1-5,7-14,16-29H,6,15H2. The molecule has 4 nitrogen and oxygen atoms in total. The Balaban J connectivity index is 1.10. The second-order valence-corrected chi connectivity index (χ2v) is 13.5. The lowest BCUT2D eigenvalue weighted by molar-refractivity contribution is 0.668. The molecule has 0 radical (unpaired) electrons. The van der Waals surface area contributed by atoms with Crippen LogP contribution >= 0.6 is 0 Å². The monoisotopic (exact) mass is 669 g/mol. The molecular weight excluding hydrogens is 639 g/mol. The number of benzene rings is 7. The van der Waals surface area contributed by atoms with Gasteiger partial charge in [-0.3, -0.25) is 0 Å². The van der Waals surface area contributed by atoms with E-state index in [1.807, 2.05) is 12.1 Å². The van der Waals surface area contributed by atoms with Crippen LogP contribution in [0.25, 0.3) is 88.1 Å². The summed E-state index contributed by atoms with van der Waals surface area (Å²) in [7, 11) is 0. The van der Waals surface area contributed by atoms with Gasteiger partial charge in [0.25, 0.3) is 0 Å². The zero-order chi connectivity index (χ0) is 34.2. The number of anilines is 2. The Bertz CT molecular complexity index is 3080. The molecule has 0 saturated heterocycles. The lowest BCUT2D eigenvalue weighted by Gasteiger charge is -2.29. The van der Waals surface area contributed by atoms with E-state index in [1.165, 1.54) is 5.70 Å². The maximum atomic E-state index is 6.76. The molecule has 0 N–H and O–H groups in total. The van der Waals surface area contributed by atoms with Crippen molar-refractivity contribution in [2.75, 3.05) is 4.90 Å². The topological polar surface area (TPSA) is 42.7 Å². The minimum absolute atomic E-state index is 0.859. The summed E-state index contributed by atoms with van der Waals surface area (Å²) in [6, 6.07) is 51.0. The van der Waals surface area contributed by atoms with Crippen molar-refractivity contribution in [2.45, 2.75) is 12.8 Å². The van der Waals surface area contributed by atoms with Gasteiger partial charge < -0.3 is 18.2 Å². The summed E-state index contributed by atoms with van der Waals surface area (Å²) in [5.41, 5.74) is 13.1. The second kappa shape index (κ2) is 11.4. The maximum Gasteiger partial charge on any atom is 0.143 e. The Morgan fingerprint density at radius 1 is 0.462 bits per heavy atom. The molecular formula is C48H31NO3. The van der Waals surface area contributed by atoms with Gasteiger partial charge in [0.1, 0.15) is 33.5 Å². The molecule has 0 atom stereocenters. The highest BCUT2D eigenvalue weighted by Gasteiger charge is 2.22. The summed E-state index contributed by atoms with van der Waals surface area (Å²) in [5, 5.41) is 6.60. The average molecular weight is 670 g/mol. The zero-order valence-corrected chi connectivity index (χ0v) is 28.2. The summed E-state index contributed by atoms with van der Waals surface area (Å²) >= 11 is 0. The fraction of sp³-hybridized carbons (Fsp3) is 0.0417. The maximum absolute atomic E-state index is 6.76. The van der Waals surface area contributed by atoms with Gasteiger partial charge in [-0.2, -0.15) is 0 Å². The summed E-state index contributed by atoms with van der Waals surface area (Å²) in [4.78, 5) is 2.39. The molecule has 0 spiro atoms. The van der Waals surface area contributed by atoms with E-state index in [1.54, 1.807) is 0 Å². The van der Waals surface area contributed by atoms with Crippen LogP contribution in [0.4, 0.5) is 11.4 Å².